The number of carbonyl (C=O) groups excluding carboxylic acids is 1. The summed E-state index contributed by atoms with van der Waals surface area (Å²) < 4.78 is 1.26. The van der Waals surface area contributed by atoms with Crippen molar-refractivity contribution in [3.05, 3.63) is 26.9 Å². The van der Waals surface area contributed by atoms with Crippen molar-refractivity contribution in [2.24, 2.45) is 0 Å². The molecule has 5 nitrogen and oxygen atoms in total. The lowest BCUT2D eigenvalue weighted by Gasteiger charge is -2.10. The molecule has 0 atom stereocenters. The first-order valence-electron chi connectivity index (χ1n) is 4.54. The second kappa shape index (κ2) is 5.32. The molecule has 0 aliphatic carbocycles. The zero-order chi connectivity index (χ0) is 12.3. The summed E-state index contributed by atoms with van der Waals surface area (Å²) in [5, 5.41) is -0.150. The lowest BCUT2D eigenvalue weighted by Crippen LogP contribution is -2.27. The highest BCUT2D eigenvalue weighted by Gasteiger charge is 2.09. The van der Waals surface area contributed by atoms with Gasteiger partial charge in [-0.05, 0) is 0 Å². The van der Waals surface area contributed by atoms with Crippen molar-refractivity contribution in [3.63, 3.8) is 0 Å². The Kier molecular flexibility index (Phi) is 4.32. The van der Waals surface area contributed by atoms with Gasteiger partial charge in [0.15, 0.2) is 5.15 Å². The molecule has 1 rings (SSSR count). The van der Waals surface area contributed by atoms with Gasteiger partial charge in [0.2, 0.25) is 5.91 Å². The van der Waals surface area contributed by atoms with Gasteiger partial charge in [-0.2, -0.15) is 0 Å². The van der Waals surface area contributed by atoms with Crippen LogP contribution in [-0.4, -0.2) is 34.5 Å². The van der Waals surface area contributed by atoms with E-state index in [1.54, 1.807) is 14.1 Å². The number of halogens is 2. The maximum Gasteiger partial charge on any atom is 0.273 e. The van der Waals surface area contributed by atoms with Crippen molar-refractivity contribution >= 4 is 29.1 Å². The van der Waals surface area contributed by atoms with E-state index in [1.807, 2.05) is 0 Å². The number of amides is 1. The number of aromatic nitrogens is 2. The van der Waals surface area contributed by atoms with Crippen molar-refractivity contribution in [1.29, 1.82) is 0 Å². The average molecular weight is 264 g/mol. The highest BCUT2D eigenvalue weighted by molar-refractivity contribution is 6.40. The first-order chi connectivity index (χ1) is 7.43. The van der Waals surface area contributed by atoms with Gasteiger partial charge in [-0.25, -0.2) is 4.98 Å². The monoisotopic (exact) mass is 263 g/mol. The van der Waals surface area contributed by atoms with E-state index in [4.69, 9.17) is 23.2 Å². The molecule has 1 aromatic rings. The van der Waals surface area contributed by atoms with Crippen LogP contribution in [0.3, 0.4) is 0 Å². The standard InChI is InChI=1S/C9H11Cl2N3O2/c1-13(2)6(15)3-4-14-5-12-8(11)7(10)9(14)16/h5H,3-4H2,1-2H3. The zero-order valence-electron chi connectivity index (χ0n) is 8.91. The predicted octanol–water partition coefficient (Wildman–Crippen LogP) is 1.03. The van der Waals surface area contributed by atoms with E-state index >= 15 is 0 Å². The topological polar surface area (TPSA) is 55.2 Å². The first-order valence-corrected chi connectivity index (χ1v) is 5.29. The van der Waals surface area contributed by atoms with Crippen molar-refractivity contribution in [1.82, 2.24) is 14.5 Å². The van der Waals surface area contributed by atoms with Crippen LogP contribution in [0, 0.1) is 0 Å². The fourth-order valence-electron chi connectivity index (χ4n) is 1.04. The van der Waals surface area contributed by atoms with Gasteiger partial charge in [0, 0.05) is 27.1 Å². The van der Waals surface area contributed by atoms with Gasteiger partial charge in [-0.3, -0.25) is 14.2 Å². The fraction of sp³-hybridized carbons (Fsp3) is 0.444. The van der Waals surface area contributed by atoms with Crippen molar-refractivity contribution in [3.8, 4) is 0 Å². The van der Waals surface area contributed by atoms with E-state index in [0.717, 1.165) is 0 Å². The maximum absolute atomic E-state index is 11.6. The Hall–Kier alpha value is -1.07. The Bertz CT molecular complexity index is 457. The largest absolute Gasteiger partial charge is 0.349 e. The van der Waals surface area contributed by atoms with Crippen molar-refractivity contribution < 1.29 is 4.79 Å². The average Bonchev–Trinajstić information content (AvgIpc) is 2.24. The van der Waals surface area contributed by atoms with Crippen LogP contribution < -0.4 is 5.56 Å². The number of nitrogens with zero attached hydrogens (tertiary/aromatic N) is 3. The minimum Gasteiger partial charge on any atom is -0.349 e. The van der Waals surface area contributed by atoms with Crippen LogP contribution in [0.4, 0.5) is 0 Å². The molecule has 88 valence electrons. The molecule has 0 saturated heterocycles. The third kappa shape index (κ3) is 2.96. The molecule has 1 amide bonds. The summed E-state index contributed by atoms with van der Waals surface area (Å²) in [7, 11) is 3.30. The minimum atomic E-state index is -0.437. The molecule has 0 aliphatic rings. The fourth-order valence-corrected chi connectivity index (χ4v) is 1.32. The van der Waals surface area contributed by atoms with Gasteiger partial charge >= 0.3 is 0 Å². The first kappa shape index (κ1) is 13.0. The normalized spacial score (nSPS) is 10.2. The lowest BCUT2D eigenvalue weighted by atomic mass is 10.4. The Balaban J connectivity index is 2.80. The highest BCUT2D eigenvalue weighted by Crippen LogP contribution is 2.12. The van der Waals surface area contributed by atoms with E-state index in [1.165, 1.54) is 15.8 Å². The van der Waals surface area contributed by atoms with Gasteiger partial charge in [0.25, 0.3) is 5.56 Å². The summed E-state index contributed by atoms with van der Waals surface area (Å²) in [6, 6.07) is 0. The zero-order valence-corrected chi connectivity index (χ0v) is 10.4. The number of carbonyl (C=O) groups is 1. The summed E-state index contributed by atoms with van der Waals surface area (Å²) in [5.74, 6) is -0.0713. The van der Waals surface area contributed by atoms with Crippen molar-refractivity contribution in [2.75, 3.05) is 14.1 Å². The van der Waals surface area contributed by atoms with Crippen LogP contribution in [0.5, 0.6) is 0 Å². The van der Waals surface area contributed by atoms with Gasteiger partial charge in [-0.1, -0.05) is 23.2 Å². The smallest absolute Gasteiger partial charge is 0.273 e. The van der Waals surface area contributed by atoms with E-state index in [0.29, 0.717) is 0 Å². The van der Waals surface area contributed by atoms with Crippen LogP contribution in [0.25, 0.3) is 0 Å². The molecule has 7 heteroatoms. The lowest BCUT2D eigenvalue weighted by molar-refractivity contribution is -0.128. The van der Waals surface area contributed by atoms with Gasteiger partial charge < -0.3 is 4.90 Å². The maximum atomic E-state index is 11.6. The van der Waals surface area contributed by atoms with Gasteiger partial charge in [-0.15, -0.1) is 0 Å². The van der Waals surface area contributed by atoms with Crippen LogP contribution in [0.1, 0.15) is 6.42 Å². The minimum absolute atomic E-state index is 0.0261. The van der Waals surface area contributed by atoms with E-state index in [9.17, 15) is 9.59 Å². The third-order valence-electron chi connectivity index (χ3n) is 2.01. The van der Waals surface area contributed by atoms with E-state index < -0.39 is 5.56 Å². The van der Waals surface area contributed by atoms with Gasteiger partial charge in [0.1, 0.15) is 5.02 Å². The molecule has 1 aromatic heterocycles. The molecule has 0 N–H and O–H groups in total. The Labute approximate surface area is 103 Å². The molecule has 0 fully saturated rings. The Morgan fingerprint density at radius 3 is 2.69 bits per heavy atom. The Morgan fingerprint density at radius 2 is 2.12 bits per heavy atom. The second-order valence-electron chi connectivity index (χ2n) is 3.39. The molecule has 0 radical (unpaired) electrons. The molecule has 0 bridgehead atoms. The molecule has 0 unspecified atom stereocenters. The molecule has 0 aromatic carbocycles. The van der Waals surface area contributed by atoms with Gasteiger partial charge in [0.05, 0.1) is 6.33 Å². The number of hydrogen-bond acceptors (Lipinski definition) is 3. The van der Waals surface area contributed by atoms with Crippen LogP contribution in [-0.2, 0) is 11.3 Å². The second-order valence-corrected chi connectivity index (χ2v) is 4.12. The Morgan fingerprint density at radius 1 is 1.50 bits per heavy atom. The summed E-state index contributed by atoms with van der Waals surface area (Å²) in [6.45, 7) is 0.236. The molecule has 0 aliphatic heterocycles. The molecule has 1 heterocycles. The van der Waals surface area contributed by atoms with Crippen LogP contribution in [0.15, 0.2) is 11.1 Å². The summed E-state index contributed by atoms with van der Waals surface area (Å²) in [6.07, 6.45) is 1.49. The summed E-state index contributed by atoms with van der Waals surface area (Å²) in [5.41, 5.74) is -0.437. The SMILES string of the molecule is CN(C)C(=O)CCn1cnc(Cl)c(Cl)c1=O. The number of hydrogen-bond donors (Lipinski definition) is 0. The summed E-state index contributed by atoms with van der Waals surface area (Å²) in [4.78, 5) is 28.1. The predicted molar refractivity (Wildman–Crippen MR) is 61.8 cm³/mol. The van der Waals surface area contributed by atoms with Crippen LogP contribution >= 0.6 is 23.2 Å². The highest BCUT2D eigenvalue weighted by atomic mass is 35.5. The molecular weight excluding hydrogens is 253 g/mol. The molecule has 0 spiro atoms. The quantitative estimate of drug-likeness (QED) is 0.766. The molecular formula is C9H11Cl2N3O2. The summed E-state index contributed by atoms with van der Waals surface area (Å²) >= 11 is 11.2. The molecule has 0 saturated carbocycles. The van der Waals surface area contributed by atoms with Crippen LogP contribution in [0.2, 0.25) is 10.2 Å². The third-order valence-corrected chi connectivity index (χ3v) is 2.73. The number of aryl methyl sites for hydroxylation is 1. The molecule has 16 heavy (non-hydrogen) atoms. The van der Waals surface area contributed by atoms with E-state index in [2.05, 4.69) is 4.98 Å². The number of rotatable bonds is 3. The van der Waals surface area contributed by atoms with E-state index in [-0.39, 0.29) is 29.0 Å². The van der Waals surface area contributed by atoms with Crippen molar-refractivity contribution in [2.45, 2.75) is 13.0 Å².